The molecule has 0 saturated heterocycles. The van der Waals surface area contributed by atoms with Crippen LogP contribution in [0.4, 0.5) is 0 Å². The molecule has 0 unspecified atom stereocenters. The van der Waals surface area contributed by atoms with Crippen LogP contribution in [0, 0.1) is 10.5 Å². The summed E-state index contributed by atoms with van der Waals surface area (Å²) in [7, 11) is 0. The molecule has 1 aromatic heterocycles. The number of halogens is 1. The van der Waals surface area contributed by atoms with E-state index in [0.29, 0.717) is 0 Å². The van der Waals surface area contributed by atoms with E-state index in [1.165, 1.54) is 11.3 Å². The Labute approximate surface area is 106 Å². The van der Waals surface area contributed by atoms with E-state index in [2.05, 4.69) is 22.6 Å². The Bertz CT molecular complexity index is 488. The van der Waals surface area contributed by atoms with Crippen molar-refractivity contribution >= 4 is 39.7 Å². The van der Waals surface area contributed by atoms with Crippen LogP contribution in [0.1, 0.15) is 20.8 Å². The van der Waals surface area contributed by atoms with Crippen LogP contribution < -0.4 is 0 Å². The molecule has 1 aromatic carbocycles. The number of thiophene rings is 1. The van der Waals surface area contributed by atoms with Crippen LogP contribution in [0.5, 0.6) is 0 Å². The van der Waals surface area contributed by atoms with Crippen molar-refractivity contribution < 1.29 is 4.79 Å². The van der Waals surface area contributed by atoms with Gasteiger partial charge in [0.05, 0.1) is 4.88 Å². The summed E-state index contributed by atoms with van der Waals surface area (Å²) in [4.78, 5) is 12.9. The molecule has 0 amide bonds. The summed E-state index contributed by atoms with van der Waals surface area (Å²) in [6.45, 7) is 1.97. The van der Waals surface area contributed by atoms with Gasteiger partial charge in [0.15, 0.2) is 0 Å². The Balaban J connectivity index is 2.46. The molecule has 0 aliphatic heterocycles. The number of hydrogen-bond donors (Lipinski definition) is 0. The minimum atomic E-state index is 0.126. The zero-order valence-corrected chi connectivity index (χ0v) is 11.1. The maximum Gasteiger partial charge on any atom is 0.203 e. The van der Waals surface area contributed by atoms with E-state index in [1.54, 1.807) is 0 Å². The highest BCUT2D eigenvalue weighted by atomic mass is 127. The molecule has 0 N–H and O–H groups in total. The molecular formula is C12H9IOS. The van der Waals surface area contributed by atoms with Crippen LogP contribution in [-0.4, -0.2) is 5.78 Å². The summed E-state index contributed by atoms with van der Waals surface area (Å²) in [6, 6.07) is 9.72. The molecule has 1 nitrogen and oxygen atoms in total. The molecule has 0 saturated carbocycles. The quantitative estimate of drug-likeness (QED) is 0.604. The van der Waals surface area contributed by atoms with Gasteiger partial charge in [-0.05, 0) is 58.7 Å². The van der Waals surface area contributed by atoms with Gasteiger partial charge in [0.25, 0.3) is 0 Å². The first-order valence-electron chi connectivity index (χ1n) is 4.53. The molecule has 2 rings (SSSR count). The van der Waals surface area contributed by atoms with Crippen LogP contribution in [0.3, 0.4) is 0 Å². The van der Waals surface area contributed by atoms with Gasteiger partial charge in [-0.15, -0.1) is 11.3 Å². The Morgan fingerprint density at radius 3 is 2.80 bits per heavy atom. The molecule has 0 aliphatic carbocycles. The summed E-state index contributed by atoms with van der Waals surface area (Å²) in [5.41, 5.74) is 1.85. The molecule has 0 radical (unpaired) electrons. The van der Waals surface area contributed by atoms with E-state index in [0.717, 1.165) is 19.6 Å². The summed E-state index contributed by atoms with van der Waals surface area (Å²) >= 11 is 3.71. The lowest BCUT2D eigenvalue weighted by molar-refractivity contribution is 0.104. The average Bonchev–Trinajstić information content (AvgIpc) is 2.74. The first-order valence-corrected chi connectivity index (χ1v) is 6.48. The second-order valence-electron chi connectivity index (χ2n) is 3.27. The fourth-order valence-corrected chi connectivity index (χ4v) is 2.55. The van der Waals surface area contributed by atoms with Crippen molar-refractivity contribution in [1.82, 2.24) is 0 Å². The summed E-state index contributed by atoms with van der Waals surface area (Å²) < 4.78 is 1.10. The number of carbonyl (C=O) groups is 1. The van der Waals surface area contributed by atoms with E-state index in [1.807, 2.05) is 42.6 Å². The lowest BCUT2D eigenvalue weighted by atomic mass is 10.0. The normalized spacial score (nSPS) is 10.3. The van der Waals surface area contributed by atoms with E-state index >= 15 is 0 Å². The SMILES string of the molecule is Cc1ccc(I)cc1C(=O)c1cccs1. The van der Waals surface area contributed by atoms with E-state index in [9.17, 15) is 4.79 Å². The number of ketones is 1. The molecular weight excluding hydrogens is 319 g/mol. The fraction of sp³-hybridized carbons (Fsp3) is 0.0833. The molecule has 0 aliphatic rings. The molecule has 0 spiro atoms. The molecule has 15 heavy (non-hydrogen) atoms. The maximum atomic E-state index is 12.1. The van der Waals surface area contributed by atoms with Gasteiger partial charge in [-0.25, -0.2) is 0 Å². The van der Waals surface area contributed by atoms with Crippen molar-refractivity contribution in [3.8, 4) is 0 Å². The highest BCUT2D eigenvalue weighted by molar-refractivity contribution is 14.1. The Hall–Kier alpha value is -0.680. The van der Waals surface area contributed by atoms with Gasteiger partial charge in [0.2, 0.25) is 5.78 Å². The van der Waals surface area contributed by atoms with Crippen molar-refractivity contribution in [3.63, 3.8) is 0 Å². The van der Waals surface area contributed by atoms with Crippen molar-refractivity contribution in [2.75, 3.05) is 0 Å². The second-order valence-corrected chi connectivity index (χ2v) is 5.46. The maximum absolute atomic E-state index is 12.1. The highest BCUT2D eigenvalue weighted by Gasteiger charge is 2.12. The summed E-state index contributed by atoms with van der Waals surface area (Å²) in [5, 5.41) is 1.93. The third kappa shape index (κ3) is 2.29. The van der Waals surface area contributed by atoms with Gasteiger partial charge in [-0.1, -0.05) is 12.1 Å². The van der Waals surface area contributed by atoms with Gasteiger partial charge in [0, 0.05) is 9.13 Å². The number of rotatable bonds is 2. The minimum Gasteiger partial charge on any atom is -0.288 e. The van der Waals surface area contributed by atoms with Gasteiger partial charge in [-0.3, -0.25) is 4.79 Å². The monoisotopic (exact) mass is 328 g/mol. The minimum absolute atomic E-state index is 0.126. The lowest BCUT2D eigenvalue weighted by Crippen LogP contribution is -2.01. The number of hydrogen-bond acceptors (Lipinski definition) is 2. The zero-order valence-electron chi connectivity index (χ0n) is 8.16. The topological polar surface area (TPSA) is 17.1 Å². The molecule has 1 heterocycles. The van der Waals surface area contributed by atoms with E-state index < -0.39 is 0 Å². The Morgan fingerprint density at radius 2 is 2.13 bits per heavy atom. The molecule has 76 valence electrons. The molecule has 0 bridgehead atoms. The summed E-state index contributed by atoms with van der Waals surface area (Å²) in [6.07, 6.45) is 0. The van der Waals surface area contributed by atoms with Gasteiger partial charge in [0.1, 0.15) is 0 Å². The van der Waals surface area contributed by atoms with Crippen molar-refractivity contribution in [1.29, 1.82) is 0 Å². The van der Waals surface area contributed by atoms with Crippen LogP contribution in [0.2, 0.25) is 0 Å². The molecule has 2 aromatic rings. The highest BCUT2D eigenvalue weighted by Crippen LogP contribution is 2.19. The third-order valence-electron chi connectivity index (χ3n) is 2.19. The lowest BCUT2D eigenvalue weighted by Gasteiger charge is -2.03. The van der Waals surface area contributed by atoms with Crippen LogP contribution >= 0.6 is 33.9 Å². The van der Waals surface area contributed by atoms with Crippen molar-refractivity contribution in [2.24, 2.45) is 0 Å². The van der Waals surface area contributed by atoms with Crippen molar-refractivity contribution in [3.05, 3.63) is 55.3 Å². The van der Waals surface area contributed by atoms with Gasteiger partial charge < -0.3 is 0 Å². The summed E-state index contributed by atoms with van der Waals surface area (Å²) in [5.74, 6) is 0.126. The van der Waals surface area contributed by atoms with Gasteiger partial charge in [-0.2, -0.15) is 0 Å². The Kier molecular flexibility index (Phi) is 3.21. The average molecular weight is 328 g/mol. The molecule has 0 fully saturated rings. The first-order chi connectivity index (χ1) is 7.18. The zero-order chi connectivity index (χ0) is 10.8. The largest absolute Gasteiger partial charge is 0.288 e. The predicted molar refractivity (Wildman–Crippen MR) is 71.6 cm³/mol. The van der Waals surface area contributed by atoms with E-state index in [4.69, 9.17) is 0 Å². The smallest absolute Gasteiger partial charge is 0.203 e. The second kappa shape index (κ2) is 4.45. The number of aryl methyl sites for hydroxylation is 1. The van der Waals surface area contributed by atoms with Gasteiger partial charge >= 0.3 is 0 Å². The molecule has 3 heteroatoms. The first kappa shape index (κ1) is 10.8. The van der Waals surface area contributed by atoms with Crippen molar-refractivity contribution in [2.45, 2.75) is 6.92 Å². The van der Waals surface area contributed by atoms with Crippen LogP contribution in [0.25, 0.3) is 0 Å². The molecule has 0 atom stereocenters. The van der Waals surface area contributed by atoms with Crippen LogP contribution in [-0.2, 0) is 0 Å². The number of benzene rings is 1. The standard InChI is InChI=1S/C12H9IOS/c1-8-4-5-9(13)7-10(8)12(14)11-3-2-6-15-11/h2-7H,1H3. The number of carbonyl (C=O) groups excluding carboxylic acids is 1. The Morgan fingerprint density at radius 1 is 1.33 bits per heavy atom. The van der Waals surface area contributed by atoms with Crippen LogP contribution in [0.15, 0.2) is 35.7 Å². The predicted octanol–water partition coefficient (Wildman–Crippen LogP) is 3.89. The fourth-order valence-electron chi connectivity index (χ4n) is 1.38. The third-order valence-corrected chi connectivity index (χ3v) is 3.73. The van der Waals surface area contributed by atoms with E-state index in [-0.39, 0.29) is 5.78 Å².